The molecule has 31 heavy (non-hydrogen) atoms. The van der Waals surface area contributed by atoms with E-state index in [2.05, 4.69) is 103 Å². The van der Waals surface area contributed by atoms with Gasteiger partial charge in [-0.25, -0.2) is 4.98 Å². The summed E-state index contributed by atoms with van der Waals surface area (Å²) in [4.78, 5) is 5.06. The van der Waals surface area contributed by atoms with Crippen LogP contribution in [-0.2, 0) is 5.41 Å². The molecule has 0 saturated carbocycles. The van der Waals surface area contributed by atoms with Crippen LogP contribution in [0, 0.1) is 0 Å². The van der Waals surface area contributed by atoms with E-state index in [1.54, 1.807) is 11.3 Å². The first-order valence-electron chi connectivity index (χ1n) is 10.7. The number of thiazole rings is 1. The number of nitrogens with zero attached hydrogens (tertiary/aromatic N) is 2. The maximum atomic E-state index is 5.06. The predicted octanol–water partition coefficient (Wildman–Crippen LogP) is 7.70. The minimum absolute atomic E-state index is 0.0752. The minimum Gasteiger partial charge on any atom is -0.285 e. The van der Waals surface area contributed by atoms with Crippen LogP contribution in [0.5, 0.6) is 0 Å². The van der Waals surface area contributed by atoms with E-state index >= 15 is 0 Å². The average Bonchev–Trinajstić information content (AvgIpc) is 3.43. The van der Waals surface area contributed by atoms with Crippen molar-refractivity contribution in [2.45, 2.75) is 19.3 Å². The summed E-state index contributed by atoms with van der Waals surface area (Å²) in [6, 6.07) is 30.6. The van der Waals surface area contributed by atoms with Crippen LogP contribution in [0.2, 0.25) is 0 Å². The summed E-state index contributed by atoms with van der Waals surface area (Å²) in [6.07, 6.45) is 0. The fourth-order valence-corrected chi connectivity index (χ4v) is 6.45. The maximum absolute atomic E-state index is 5.06. The zero-order valence-electron chi connectivity index (χ0n) is 17.4. The smallest absolute Gasteiger partial charge is 0.195 e. The van der Waals surface area contributed by atoms with Crippen molar-refractivity contribution in [3.63, 3.8) is 0 Å². The van der Waals surface area contributed by atoms with E-state index in [0.717, 1.165) is 10.6 Å². The van der Waals surface area contributed by atoms with Gasteiger partial charge in [-0.15, -0.1) is 0 Å². The van der Waals surface area contributed by atoms with Crippen molar-refractivity contribution in [3.8, 4) is 16.3 Å². The normalized spacial score (nSPS) is 14.4. The summed E-state index contributed by atoms with van der Waals surface area (Å²) in [7, 11) is 0. The molecule has 2 aromatic heterocycles. The highest BCUT2D eigenvalue weighted by atomic mass is 32.1. The Kier molecular flexibility index (Phi) is 3.25. The number of hydrogen-bond donors (Lipinski definition) is 0. The van der Waals surface area contributed by atoms with Gasteiger partial charge in [0, 0.05) is 16.2 Å². The van der Waals surface area contributed by atoms with Crippen molar-refractivity contribution in [2.75, 3.05) is 0 Å². The van der Waals surface area contributed by atoms with Crippen molar-refractivity contribution in [3.05, 3.63) is 96.1 Å². The van der Waals surface area contributed by atoms with E-state index < -0.39 is 0 Å². The molecule has 1 aliphatic carbocycles. The molecule has 0 amide bonds. The van der Waals surface area contributed by atoms with Crippen molar-refractivity contribution in [1.82, 2.24) is 9.55 Å². The van der Waals surface area contributed by atoms with Crippen LogP contribution in [-0.4, -0.2) is 9.55 Å². The van der Waals surface area contributed by atoms with E-state index in [4.69, 9.17) is 4.98 Å². The second-order valence-corrected chi connectivity index (χ2v) is 9.88. The second kappa shape index (κ2) is 5.83. The van der Waals surface area contributed by atoms with Crippen LogP contribution in [0.1, 0.15) is 25.0 Å². The van der Waals surface area contributed by atoms with Gasteiger partial charge in [0.1, 0.15) is 0 Å². The van der Waals surface area contributed by atoms with Gasteiger partial charge < -0.3 is 0 Å². The summed E-state index contributed by atoms with van der Waals surface area (Å²) in [6.45, 7) is 4.72. The zero-order valence-corrected chi connectivity index (χ0v) is 18.2. The average molecular weight is 417 g/mol. The predicted molar refractivity (Wildman–Crippen MR) is 132 cm³/mol. The first-order valence-corrected chi connectivity index (χ1v) is 11.5. The Morgan fingerprint density at radius 2 is 1.52 bits per heavy atom. The van der Waals surface area contributed by atoms with Gasteiger partial charge in [-0.05, 0) is 40.5 Å². The number of aromatic nitrogens is 2. The molecule has 0 spiro atoms. The molecule has 0 N–H and O–H groups in total. The van der Waals surface area contributed by atoms with E-state index in [0.29, 0.717) is 0 Å². The third-order valence-corrected chi connectivity index (χ3v) is 7.85. The highest BCUT2D eigenvalue weighted by Gasteiger charge is 2.38. The Morgan fingerprint density at radius 1 is 0.742 bits per heavy atom. The zero-order chi connectivity index (χ0) is 20.7. The largest absolute Gasteiger partial charge is 0.285 e. The third-order valence-electron chi connectivity index (χ3n) is 6.83. The quantitative estimate of drug-likeness (QED) is 0.268. The monoisotopic (exact) mass is 416 g/mol. The van der Waals surface area contributed by atoms with Gasteiger partial charge in [0.15, 0.2) is 5.13 Å². The molecule has 0 unspecified atom stereocenters. The van der Waals surface area contributed by atoms with Crippen LogP contribution in [0.25, 0.3) is 48.3 Å². The van der Waals surface area contributed by atoms with E-state index in [1.165, 1.54) is 48.8 Å². The van der Waals surface area contributed by atoms with Gasteiger partial charge in [-0.3, -0.25) is 4.57 Å². The molecule has 0 aliphatic heterocycles. The van der Waals surface area contributed by atoms with E-state index in [-0.39, 0.29) is 5.41 Å². The van der Waals surface area contributed by atoms with Crippen molar-refractivity contribution >= 4 is 43.4 Å². The van der Waals surface area contributed by atoms with Gasteiger partial charge in [0.25, 0.3) is 0 Å². The maximum Gasteiger partial charge on any atom is 0.195 e. The highest BCUT2D eigenvalue weighted by Crippen LogP contribution is 2.53. The van der Waals surface area contributed by atoms with Crippen molar-refractivity contribution in [2.24, 2.45) is 0 Å². The molecule has 2 heterocycles. The highest BCUT2D eigenvalue weighted by molar-refractivity contribution is 7.20. The molecule has 7 rings (SSSR count). The van der Waals surface area contributed by atoms with Crippen LogP contribution >= 0.6 is 11.3 Å². The lowest BCUT2D eigenvalue weighted by atomic mass is 9.81. The second-order valence-electron chi connectivity index (χ2n) is 8.87. The molecule has 6 aromatic rings. The van der Waals surface area contributed by atoms with Crippen LogP contribution in [0.3, 0.4) is 0 Å². The Bertz CT molecular complexity index is 1630. The topological polar surface area (TPSA) is 17.8 Å². The van der Waals surface area contributed by atoms with E-state index in [1.807, 2.05) is 0 Å². The van der Waals surface area contributed by atoms with Gasteiger partial charge in [-0.2, -0.15) is 0 Å². The summed E-state index contributed by atoms with van der Waals surface area (Å²) in [5, 5.41) is 3.62. The van der Waals surface area contributed by atoms with E-state index in [9.17, 15) is 0 Å². The Hall–Kier alpha value is -3.43. The van der Waals surface area contributed by atoms with Crippen LogP contribution in [0.4, 0.5) is 0 Å². The van der Waals surface area contributed by atoms with Gasteiger partial charge in [0.05, 0.1) is 21.3 Å². The van der Waals surface area contributed by atoms with Crippen molar-refractivity contribution < 1.29 is 0 Å². The number of para-hydroxylation sites is 2. The first-order chi connectivity index (χ1) is 15.1. The molecule has 1 aliphatic rings. The molecule has 0 bridgehead atoms. The number of hydrogen-bond acceptors (Lipinski definition) is 2. The molecule has 0 radical (unpaired) electrons. The molecule has 2 nitrogen and oxygen atoms in total. The third kappa shape index (κ3) is 2.14. The Balaban J connectivity index is 1.70. The number of rotatable bonds is 1. The standard InChI is InChI=1S/C28H20N2S/c1-28(2)21-11-5-3-9-17(21)19-15-16-20-18-10-4-7-13-23(18)30(26(20)25(19)28)27-29-22-12-6-8-14-24(22)31-27/h3-16H,1-2H3. The fraction of sp³-hybridized carbons (Fsp3) is 0.107. The molecule has 0 saturated heterocycles. The number of benzene rings is 4. The van der Waals surface area contributed by atoms with Crippen LogP contribution in [0.15, 0.2) is 84.9 Å². The first kappa shape index (κ1) is 17.3. The Labute approximate surface area is 184 Å². The lowest BCUT2D eigenvalue weighted by Crippen LogP contribution is -2.16. The summed E-state index contributed by atoms with van der Waals surface area (Å²) in [5.41, 5.74) is 9.00. The molecule has 148 valence electrons. The fourth-order valence-electron chi connectivity index (χ4n) is 5.47. The summed E-state index contributed by atoms with van der Waals surface area (Å²) in [5.74, 6) is 0. The molecule has 0 atom stereocenters. The van der Waals surface area contributed by atoms with Gasteiger partial charge >= 0.3 is 0 Å². The van der Waals surface area contributed by atoms with Crippen molar-refractivity contribution in [1.29, 1.82) is 0 Å². The lowest BCUT2D eigenvalue weighted by molar-refractivity contribution is 0.664. The SMILES string of the molecule is CC1(C)c2ccccc2-c2ccc3c4ccccc4n(-c4nc5ccccc5s4)c3c21. The number of fused-ring (bicyclic) bond motifs is 8. The Morgan fingerprint density at radius 3 is 2.42 bits per heavy atom. The minimum atomic E-state index is -0.0752. The van der Waals surface area contributed by atoms with Gasteiger partial charge in [-0.1, -0.05) is 91.9 Å². The van der Waals surface area contributed by atoms with Crippen LogP contribution < -0.4 is 0 Å². The summed E-state index contributed by atoms with van der Waals surface area (Å²) >= 11 is 1.77. The molecular weight excluding hydrogens is 396 g/mol. The molecule has 4 aromatic carbocycles. The van der Waals surface area contributed by atoms with Gasteiger partial charge in [0.2, 0.25) is 0 Å². The molecular formula is C28H20N2S. The molecule has 0 fully saturated rings. The lowest BCUT2D eigenvalue weighted by Gasteiger charge is -2.23. The summed E-state index contributed by atoms with van der Waals surface area (Å²) < 4.78 is 3.63. The molecule has 3 heteroatoms.